The average molecular weight is 329 g/mol. The van der Waals surface area contributed by atoms with E-state index in [4.69, 9.17) is 11.6 Å². The van der Waals surface area contributed by atoms with Gasteiger partial charge in [0.2, 0.25) is 5.95 Å². The summed E-state index contributed by atoms with van der Waals surface area (Å²) in [6, 6.07) is 5.77. The summed E-state index contributed by atoms with van der Waals surface area (Å²) in [5.41, 5.74) is 1.94. The summed E-state index contributed by atoms with van der Waals surface area (Å²) in [4.78, 5) is 4.47. The molecule has 0 fully saturated rings. The van der Waals surface area contributed by atoms with Crippen LogP contribution in [0.15, 0.2) is 28.9 Å². The van der Waals surface area contributed by atoms with Crippen molar-refractivity contribution in [2.24, 2.45) is 0 Å². The predicted octanol–water partition coefficient (Wildman–Crippen LogP) is 4.76. The number of nitrogens with zero attached hydrogens (tertiary/aromatic N) is 2. The summed E-state index contributed by atoms with van der Waals surface area (Å²) in [5.74, 6) is 0.854. The van der Waals surface area contributed by atoms with E-state index in [0.717, 1.165) is 34.8 Å². The molecule has 0 saturated carbocycles. The first-order chi connectivity index (χ1) is 8.60. The van der Waals surface area contributed by atoms with Gasteiger partial charge in [-0.3, -0.25) is 0 Å². The fourth-order valence-corrected chi connectivity index (χ4v) is 2.19. The third kappa shape index (κ3) is 3.06. The van der Waals surface area contributed by atoms with Gasteiger partial charge in [-0.05, 0) is 47.5 Å². The Morgan fingerprint density at radius 3 is 2.89 bits per heavy atom. The zero-order valence-electron chi connectivity index (χ0n) is 10.4. The zero-order chi connectivity index (χ0) is 13.1. The molecule has 0 saturated heterocycles. The van der Waals surface area contributed by atoms with E-state index in [1.165, 1.54) is 0 Å². The van der Waals surface area contributed by atoms with Crippen molar-refractivity contribution in [2.75, 3.05) is 5.32 Å². The Kier molecular flexibility index (Phi) is 4.30. The van der Waals surface area contributed by atoms with E-state index >= 15 is 0 Å². The molecule has 1 aromatic heterocycles. The normalized spacial score (nSPS) is 10.7. The van der Waals surface area contributed by atoms with Crippen molar-refractivity contribution < 1.29 is 0 Å². The van der Waals surface area contributed by atoms with Crippen molar-refractivity contribution in [1.29, 1.82) is 0 Å². The lowest BCUT2D eigenvalue weighted by Crippen LogP contribution is -2.02. The number of halogens is 2. The second-order valence-corrected chi connectivity index (χ2v) is 5.41. The zero-order valence-corrected chi connectivity index (χ0v) is 12.7. The van der Waals surface area contributed by atoms with Crippen molar-refractivity contribution in [3.63, 3.8) is 0 Å². The van der Waals surface area contributed by atoms with E-state index in [0.29, 0.717) is 5.02 Å². The molecule has 2 rings (SSSR count). The molecular formula is C13H15BrClN3. The molecule has 0 atom stereocenters. The Morgan fingerprint density at radius 1 is 1.44 bits per heavy atom. The molecule has 0 aliphatic rings. The molecule has 0 amide bonds. The first-order valence-electron chi connectivity index (χ1n) is 5.86. The lowest BCUT2D eigenvalue weighted by atomic mass is 10.3. The lowest BCUT2D eigenvalue weighted by molar-refractivity contribution is 0.686. The lowest BCUT2D eigenvalue weighted by Gasteiger charge is -2.09. The van der Waals surface area contributed by atoms with Crippen molar-refractivity contribution in [2.45, 2.75) is 26.8 Å². The third-order valence-corrected chi connectivity index (χ3v) is 3.77. The fourth-order valence-electron chi connectivity index (χ4n) is 1.76. The molecule has 5 heteroatoms. The van der Waals surface area contributed by atoms with Crippen LogP contribution in [0.25, 0.3) is 0 Å². The van der Waals surface area contributed by atoms with Crippen LogP contribution >= 0.6 is 27.5 Å². The summed E-state index contributed by atoms with van der Waals surface area (Å²) in [5, 5.41) is 3.98. The van der Waals surface area contributed by atoms with Crippen LogP contribution < -0.4 is 5.32 Å². The molecule has 1 heterocycles. The van der Waals surface area contributed by atoms with Gasteiger partial charge in [0.1, 0.15) is 0 Å². The van der Waals surface area contributed by atoms with Crippen LogP contribution in [0.2, 0.25) is 5.02 Å². The molecule has 96 valence electrons. The first-order valence-corrected chi connectivity index (χ1v) is 7.03. The summed E-state index contributed by atoms with van der Waals surface area (Å²) in [6.45, 7) is 5.09. The number of benzene rings is 1. The molecule has 0 radical (unpaired) electrons. The molecule has 0 spiro atoms. The minimum atomic E-state index is 0.685. The molecule has 1 N–H and O–H groups in total. The van der Waals surface area contributed by atoms with Crippen LogP contribution in [0.1, 0.15) is 19.0 Å². The second kappa shape index (κ2) is 5.76. The Labute approximate surface area is 120 Å². The minimum absolute atomic E-state index is 0.685. The quantitative estimate of drug-likeness (QED) is 0.877. The van der Waals surface area contributed by atoms with E-state index in [1.807, 2.05) is 31.3 Å². The molecule has 0 bridgehead atoms. The van der Waals surface area contributed by atoms with Gasteiger partial charge in [-0.15, -0.1) is 0 Å². The Balaban J connectivity index is 2.24. The summed E-state index contributed by atoms with van der Waals surface area (Å²) >= 11 is 9.45. The Bertz CT molecular complexity index is 551. The van der Waals surface area contributed by atoms with E-state index in [1.54, 1.807) is 0 Å². The maximum atomic E-state index is 6.07. The smallest absolute Gasteiger partial charge is 0.207 e. The van der Waals surface area contributed by atoms with Crippen molar-refractivity contribution in [3.8, 4) is 0 Å². The number of hydrogen-bond acceptors (Lipinski definition) is 2. The van der Waals surface area contributed by atoms with Crippen molar-refractivity contribution >= 4 is 39.2 Å². The molecule has 2 aromatic rings. The molecule has 0 aliphatic heterocycles. The number of rotatable bonds is 4. The number of aryl methyl sites for hydroxylation is 2. The molecular weight excluding hydrogens is 314 g/mol. The van der Waals surface area contributed by atoms with Gasteiger partial charge in [0.05, 0.1) is 10.7 Å². The van der Waals surface area contributed by atoms with E-state index in [2.05, 4.69) is 37.7 Å². The summed E-state index contributed by atoms with van der Waals surface area (Å²) < 4.78 is 3.01. The van der Waals surface area contributed by atoms with E-state index < -0.39 is 0 Å². The molecule has 1 aromatic carbocycles. The maximum Gasteiger partial charge on any atom is 0.207 e. The largest absolute Gasteiger partial charge is 0.326 e. The fraction of sp³-hybridized carbons (Fsp3) is 0.308. The Morgan fingerprint density at radius 2 is 2.22 bits per heavy atom. The van der Waals surface area contributed by atoms with Gasteiger partial charge in [-0.1, -0.05) is 18.5 Å². The van der Waals surface area contributed by atoms with Gasteiger partial charge in [0.15, 0.2) is 0 Å². The van der Waals surface area contributed by atoms with Gasteiger partial charge >= 0.3 is 0 Å². The first kappa shape index (κ1) is 13.4. The highest BCUT2D eigenvalue weighted by atomic mass is 79.9. The van der Waals surface area contributed by atoms with Gasteiger partial charge in [-0.25, -0.2) is 4.98 Å². The van der Waals surface area contributed by atoms with Crippen LogP contribution in [0.4, 0.5) is 11.6 Å². The molecule has 18 heavy (non-hydrogen) atoms. The topological polar surface area (TPSA) is 29.9 Å². The van der Waals surface area contributed by atoms with Crippen LogP contribution in [0, 0.1) is 6.92 Å². The molecule has 3 nitrogen and oxygen atoms in total. The van der Waals surface area contributed by atoms with Crippen LogP contribution in [-0.4, -0.2) is 9.55 Å². The average Bonchev–Trinajstić information content (AvgIpc) is 2.65. The van der Waals surface area contributed by atoms with Crippen LogP contribution in [0.5, 0.6) is 0 Å². The van der Waals surface area contributed by atoms with Gasteiger partial charge in [-0.2, -0.15) is 0 Å². The highest BCUT2D eigenvalue weighted by molar-refractivity contribution is 9.10. The number of hydrogen-bond donors (Lipinski definition) is 1. The monoisotopic (exact) mass is 327 g/mol. The highest BCUT2D eigenvalue weighted by Crippen LogP contribution is 2.27. The van der Waals surface area contributed by atoms with E-state index in [-0.39, 0.29) is 0 Å². The van der Waals surface area contributed by atoms with Gasteiger partial charge in [0, 0.05) is 22.9 Å². The Hall–Kier alpha value is -1.000. The number of imidazole rings is 1. The highest BCUT2D eigenvalue weighted by Gasteiger charge is 2.06. The third-order valence-electron chi connectivity index (χ3n) is 2.54. The summed E-state index contributed by atoms with van der Waals surface area (Å²) in [6.07, 6.45) is 3.12. The SMILES string of the molecule is CCCn1cc(C)nc1Nc1ccc(Br)c(Cl)c1. The standard InChI is InChI=1S/C13H15BrClN3/c1-3-6-18-8-9(2)16-13(18)17-10-4-5-11(14)12(15)7-10/h4-5,7-8H,3,6H2,1-2H3,(H,16,17). The maximum absolute atomic E-state index is 6.07. The molecule has 0 unspecified atom stereocenters. The summed E-state index contributed by atoms with van der Waals surface area (Å²) in [7, 11) is 0. The minimum Gasteiger partial charge on any atom is -0.326 e. The van der Waals surface area contributed by atoms with E-state index in [9.17, 15) is 0 Å². The number of nitrogens with one attached hydrogen (secondary N) is 1. The van der Waals surface area contributed by atoms with Crippen molar-refractivity contribution in [3.05, 3.63) is 39.6 Å². The second-order valence-electron chi connectivity index (χ2n) is 4.15. The van der Waals surface area contributed by atoms with Crippen LogP contribution in [-0.2, 0) is 6.54 Å². The number of anilines is 2. The predicted molar refractivity (Wildman–Crippen MR) is 79.7 cm³/mol. The van der Waals surface area contributed by atoms with Crippen molar-refractivity contribution in [1.82, 2.24) is 9.55 Å². The van der Waals surface area contributed by atoms with Gasteiger partial charge < -0.3 is 9.88 Å². The van der Waals surface area contributed by atoms with Crippen LogP contribution in [0.3, 0.4) is 0 Å². The van der Waals surface area contributed by atoms with Gasteiger partial charge in [0.25, 0.3) is 0 Å². The molecule has 0 aliphatic carbocycles. The number of aromatic nitrogens is 2.